The topological polar surface area (TPSA) is 43.4 Å². The van der Waals surface area contributed by atoms with E-state index < -0.39 is 10.1 Å². The molecule has 0 unspecified atom stereocenters. The lowest BCUT2D eigenvalue weighted by molar-refractivity contribution is 0.363. The standard InChI is InChI=1S/C16H22O3S/c1-3-5-7-9-15-10-12-16(13-11-15)20(17,18)19-14-8-6-4-2/h10-13H,3-5,7,9,14H2,1-2H3. The van der Waals surface area contributed by atoms with Crippen LogP contribution in [-0.2, 0) is 20.7 Å². The summed E-state index contributed by atoms with van der Waals surface area (Å²) >= 11 is 0. The number of rotatable bonds is 7. The Bertz CT molecular complexity index is 548. The predicted octanol–water partition coefficient (Wildman–Crippen LogP) is 3.54. The Labute approximate surface area is 122 Å². The second-order valence-electron chi connectivity index (χ2n) is 4.52. The van der Waals surface area contributed by atoms with Crippen LogP contribution in [0.15, 0.2) is 29.2 Å². The summed E-state index contributed by atoms with van der Waals surface area (Å²) in [5, 5.41) is 0. The zero-order valence-corrected chi connectivity index (χ0v) is 13.0. The van der Waals surface area contributed by atoms with Crippen LogP contribution in [0.5, 0.6) is 0 Å². The van der Waals surface area contributed by atoms with Crippen LogP contribution in [0.1, 0.15) is 45.1 Å². The second kappa shape index (κ2) is 8.78. The van der Waals surface area contributed by atoms with E-state index in [1.54, 1.807) is 12.1 Å². The molecule has 0 amide bonds. The molecule has 1 aromatic carbocycles. The predicted molar refractivity (Wildman–Crippen MR) is 80.9 cm³/mol. The number of aryl methyl sites for hydroxylation is 1. The largest absolute Gasteiger partial charge is 0.297 e. The summed E-state index contributed by atoms with van der Waals surface area (Å²) in [5.41, 5.74) is 1.16. The first kappa shape index (κ1) is 16.7. The molecule has 110 valence electrons. The Hall–Kier alpha value is -1.31. The van der Waals surface area contributed by atoms with E-state index in [4.69, 9.17) is 4.18 Å². The maximum absolute atomic E-state index is 11.9. The van der Waals surface area contributed by atoms with Crippen molar-refractivity contribution in [2.24, 2.45) is 0 Å². The molecular weight excluding hydrogens is 272 g/mol. The van der Waals surface area contributed by atoms with Crippen molar-refractivity contribution in [3.8, 4) is 11.8 Å². The summed E-state index contributed by atoms with van der Waals surface area (Å²) in [6, 6.07) is 6.90. The molecule has 0 fully saturated rings. The van der Waals surface area contributed by atoms with Gasteiger partial charge >= 0.3 is 0 Å². The van der Waals surface area contributed by atoms with Gasteiger partial charge in [0, 0.05) is 6.42 Å². The Kier molecular flexibility index (Phi) is 7.35. The molecule has 0 atom stereocenters. The van der Waals surface area contributed by atoms with Gasteiger partial charge in [0.2, 0.25) is 0 Å². The molecule has 0 heterocycles. The number of hydrogen-bond donors (Lipinski definition) is 0. The normalized spacial score (nSPS) is 10.9. The Morgan fingerprint density at radius 2 is 1.75 bits per heavy atom. The molecule has 3 nitrogen and oxygen atoms in total. The first-order valence-electron chi connectivity index (χ1n) is 7.04. The Morgan fingerprint density at radius 3 is 2.35 bits per heavy atom. The highest BCUT2D eigenvalue weighted by Gasteiger charge is 2.13. The van der Waals surface area contributed by atoms with Crippen LogP contribution in [0.25, 0.3) is 0 Å². The van der Waals surface area contributed by atoms with Gasteiger partial charge in [-0.2, -0.15) is 8.42 Å². The molecule has 4 heteroatoms. The highest BCUT2D eigenvalue weighted by atomic mass is 32.2. The van der Waals surface area contributed by atoms with Crippen LogP contribution in [0.3, 0.4) is 0 Å². The summed E-state index contributed by atoms with van der Waals surface area (Å²) in [6.45, 7) is 3.97. The maximum atomic E-state index is 11.9. The van der Waals surface area contributed by atoms with Crippen LogP contribution < -0.4 is 0 Å². The quantitative estimate of drug-likeness (QED) is 0.439. The third kappa shape index (κ3) is 5.77. The van der Waals surface area contributed by atoms with Gasteiger partial charge in [0.05, 0.1) is 4.90 Å². The summed E-state index contributed by atoms with van der Waals surface area (Å²) in [6.07, 6.45) is 5.18. The van der Waals surface area contributed by atoms with Crippen molar-refractivity contribution >= 4 is 10.1 Å². The van der Waals surface area contributed by atoms with Gasteiger partial charge in [-0.25, -0.2) is 0 Å². The van der Waals surface area contributed by atoms with Gasteiger partial charge in [-0.05, 0) is 30.5 Å². The zero-order chi connectivity index (χ0) is 14.8. The minimum absolute atomic E-state index is 0.0889. The Morgan fingerprint density at radius 1 is 1.05 bits per heavy atom. The van der Waals surface area contributed by atoms with E-state index in [9.17, 15) is 8.42 Å². The van der Waals surface area contributed by atoms with Gasteiger partial charge in [0.25, 0.3) is 10.1 Å². The van der Waals surface area contributed by atoms with E-state index in [1.165, 1.54) is 12.8 Å². The van der Waals surface area contributed by atoms with E-state index >= 15 is 0 Å². The van der Waals surface area contributed by atoms with E-state index in [2.05, 4.69) is 18.8 Å². The number of hydrogen-bond acceptors (Lipinski definition) is 3. The van der Waals surface area contributed by atoms with Crippen LogP contribution in [0.4, 0.5) is 0 Å². The fourth-order valence-electron chi connectivity index (χ4n) is 1.75. The summed E-state index contributed by atoms with van der Waals surface area (Å²) < 4.78 is 28.6. The zero-order valence-electron chi connectivity index (χ0n) is 12.2. The molecule has 0 aromatic heterocycles. The van der Waals surface area contributed by atoms with Crippen molar-refractivity contribution in [2.45, 2.75) is 50.8 Å². The van der Waals surface area contributed by atoms with Crippen molar-refractivity contribution in [1.82, 2.24) is 0 Å². The molecule has 0 saturated carbocycles. The second-order valence-corrected chi connectivity index (χ2v) is 6.14. The summed E-state index contributed by atoms with van der Waals surface area (Å²) in [7, 11) is -3.69. The molecule has 0 aliphatic rings. The van der Waals surface area contributed by atoms with Gasteiger partial charge < -0.3 is 0 Å². The molecule has 0 aliphatic carbocycles. The van der Waals surface area contributed by atoms with Crippen molar-refractivity contribution in [1.29, 1.82) is 0 Å². The smallest absolute Gasteiger partial charge is 0.253 e. The molecule has 0 bridgehead atoms. The highest BCUT2D eigenvalue weighted by molar-refractivity contribution is 7.86. The van der Waals surface area contributed by atoms with Gasteiger partial charge in [-0.1, -0.05) is 44.7 Å². The molecule has 20 heavy (non-hydrogen) atoms. The van der Waals surface area contributed by atoms with Gasteiger partial charge in [-0.3, -0.25) is 4.18 Å². The fraction of sp³-hybridized carbons (Fsp3) is 0.500. The molecule has 0 saturated heterocycles. The maximum Gasteiger partial charge on any atom is 0.297 e. The van der Waals surface area contributed by atoms with E-state index in [-0.39, 0.29) is 11.5 Å². The number of unbranched alkanes of at least 4 members (excludes halogenated alkanes) is 2. The average Bonchev–Trinajstić information content (AvgIpc) is 2.45. The molecule has 0 spiro atoms. The Balaban J connectivity index is 2.62. The van der Waals surface area contributed by atoms with Gasteiger partial charge in [0.1, 0.15) is 6.61 Å². The lowest BCUT2D eigenvalue weighted by Crippen LogP contribution is -2.06. The van der Waals surface area contributed by atoms with E-state index in [0.29, 0.717) is 6.42 Å². The fourth-order valence-corrected chi connectivity index (χ4v) is 2.57. The molecule has 1 aromatic rings. The van der Waals surface area contributed by atoms with Gasteiger partial charge in [0.15, 0.2) is 0 Å². The van der Waals surface area contributed by atoms with Gasteiger partial charge in [-0.15, -0.1) is 5.92 Å². The molecule has 1 rings (SSSR count). The van der Waals surface area contributed by atoms with E-state index in [0.717, 1.165) is 18.4 Å². The van der Waals surface area contributed by atoms with Crippen molar-refractivity contribution in [2.75, 3.05) is 6.61 Å². The molecular formula is C16H22O3S. The van der Waals surface area contributed by atoms with Crippen molar-refractivity contribution in [3.63, 3.8) is 0 Å². The first-order chi connectivity index (χ1) is 9.60. The summed E-state index contributed by atoms with van der Waals surface area (Å²) in [4.78, 5) is 0.190. The van der Waals surface area contributed by atoms with Crippen molar-refractivity contribution < 1.29 is 12.6 Å². The minimum Gasteiger partial charge on any atom is -0.253 e. The van der Waals surface area contributed by atoms with Crippen LogP contribution in [-0.4, -0.2) is 15.0 Å². The third-order valence-corrected chi connectivity index (χ3v) is 4.15. The highest BCUT2D eigenvalue weighted by Crippen LogP contribution is 2.15. The minimum atomic E-state index is -3.69. The molecule has 0 aliphatic heterocycles. The van der Waals surface area contributed by atoms with Crippen molar-refractivity contribution in [3.05, 3.63) is 29.8 Å². The molecule has 0 N–H and O–H groups in total. The molecule has 0 radical (unpaired) electrons. The third-order valence-electron chi connectivity index (χ3n) is 2.87. The van der Waals surface area contributed by atoms with Crippen LogP contribution >= 0.6 is 0 Å². The monoisotopic (exact) mass is 294 g/mol. The van der Waals surface area contributed by atoms with E-state index in [1.807, 2.05) is 19.1 Å². The number of benzene rings is 1. The SMILES string of the molecule is CCC#CCOS(=O)(=O)c1ccc(CCCCC)cc1. The lowest BCUT2D eigenvalue weighted by Gasteiger charge is -2.05. The summed E-state index contributed by atoms with van der Waals surface area (Å²) in [5.74, 6) is 5.43. The average molecular weight is 294 g/mol. The van der Waals surface area contributed by atoms with Crippen LogP contribution in [0.2, 0.25) is 0 Å². The van der Waals surface area contributed by atoms with Crippen LogP contribution in [0, 0.1) is 11.8 Å². The lowest BCUT2D eigenvalue weighted by atomic mass is 10.1. The first-order valence-corrected chi connectivity index (χ1v) is 8.45.